The zero-order chi connectivity index (χ0) is 10.0. The van der Waals surface area contributed by atoms with Gasteiger partial charge in [0.25, 0.3) is 0 Å². The fraction of sp³-hybridized carbons (Fsp3) is 0.667. The molecule has 0 aromatic carbocycles. The summed E-state index contributed by atoms with van der Waals surface area (Å²) in [5.74, 6) is 0. The maximum absolute atomic E-state index is 5.81. The van der Waals surface area contributed by atoms with Gasteiger partial charge in [0.1, 0.15) is 4.34 Å². The Hall–Kier alpha value is -0.320. The maximum Gasteiger partial charge on any atom is 0.184 e. The van der Waals surface area contributed by atoms with E-state index < -0.39 is 0 Å². The van der Waals surface area contributed by atoms with Gasteiger partial charge in [-0.25, -0.2) is 4.98 Å². The van der Waals surface area contributed by atoms with Gasteiger partial charge in [-0.1, -0.05) is 22.9 Å². The number of nitrogens with one attached hydrogen (secondary N) is 1. The number of anilines is 1. The predicted octanol–water partition coefficient (Wildman–Crippen LogP) is 2.78. The smallest absolute Gasteiger partial charge is 0.184 e. The van der Waals surface area contributed by atoms with E-state index in [4.69, 9.17) is 16.3 Å². The van der Waals surface area contributed by atoms with Gasteiger partial charge in [0.05, 0.1) is 18.3 Å². The van der Waals surface area contributed by atoms with Crippen molar-refractivity contribution >= 4 is 28.1 Å². The first-order valence-corrected chi connectivity index (χ1v) is 5.85. The van der Waals surface area contributed by atoms with Crippen molar-refractivity contribution in [2.75, 3.05) is 18.5 Å². The first-order chi connectivity index (χ1) is 6.68. The van der Waals surface area contributed by atoms with Crippen molar-refractivity contribution in [3.05, 3.63) is 10.5 Å². The average Bonchev–Trinajstić information content (AvgIpc) is 2.51. The van der Waals surface area contributed by atoms with Crippen molar-refractivity contribution in [2.24, 2.45) is 0 Å². The lowest BCUT2D eigenvalue weighted by Gasteiger charge is -2.34. The molecule has 1 atom stereocenters. The number of ether oxygens (including phenoxy) is 1. The number of thiazole rings is 1. The van der Waals surface area contributed by atoms with Crippen LogP contribution in [0.5, 0.6) is 0 Å². The summed E-state index contributed by atoms with van der Waals surface area (Å²) >= 11 is 7.28. The largest absolute Gasteiger partial charge is 0.379 e. The summed E-state index contributed by atoms with van der Waals surface area (Å²) in [6.07, 6.45) is 3.88. The summed E-state index contributed by atoms with van der Waals surface area (Å²) < 4.78 is 6.16. The number of halogens is 1. The molecule has 2 heterocycles. The van der Waals surface area contributed by atoms with E-state index in [-0.39, 0.29) is 5.54 Å². The summed E-state index contributed by atoms with van der Waals surface area (Å²) in [6.45, 7) is 3.77. The highest BCUT2D eigenvalue weighted by Gasteiger charge is 2.28. The lowest BCUT2D eigenvalue weighted by Crippen LogP contribution is -2.42. The molecule has 14 heavy (non-hydrogen) atoms. The van der Waals surface area contributed by atoms with Crippen LogP contribution in [0.15, 0.2) is 6.20 Å². The van der Waals surface area contributed by atoms with E-state index in [1.54, 1.807) is 6.20 Å². The molecule has 0 saturated carbocycles. The lowest BCUT2D eigenvalue weighted by atomic mass is 9.95. The van der Waals surface area contributed by atoms with Gasteiger partial charge >= 0.3 is 0 Å². The highest BCUT2D eigenvalue weighted by molar-refractivity contribution is 7.19. The molecule has 0 spiro atoms. The second-order valence-corrected chi connectivity index (χ2v) is 5.47. The molecular weight excluding hydrogens is 220 g/mol. The van der Waals surface area contributed by atoms with Crippen LogP contribution in [0, 0.1) is 0 Å². The number of hydrogen-bond donors (Lipinski definition) is 1. The standard InChI is InChI=1S/C9H13ClN2OS/c1-9(3-2-4-13-6-9)12-8-11-5-7(10)14-8/h5H,2-4,6H2,1H3,(H,11,12). The van der Waals surface area contributed by atoms with Gasteiger partial charge in [-0.3, -0.25) is 0 Å². The van der Waals surface area contributed by atoms with Crippen molar-refractivity contribution in [3.8, 4) is 0 Å². The van der Waals surface area contributed by atoms with Crippen LogP contribution in [0.2, 0.25) is 4.34 Å². The van der Waals surface area contributed by atoms with Crippen molar-refractivity contribution in [1.82, 2.24) is 4.98 Å². The summed E-state index contributed by atoms with van der Waals surface area (Å²) in [4.78, 5) is 4.17. The predicted molar refractivity (Wildman–Crippen MR) is 59.2 cm³/mol. The number of hydrogen-bond acceptors (Lipinski definition) is 4. The summed E-state index contributed by atoms with van der Waals surface area (Å²) in [6, 6.07) is 0. The molecular formula is C9H13ClN2OS. The van der Waals surface area contributed by atoms with Crippen LogP contribution in [-0.4, -0.2) is 23.7 Å². The highest BCUT2D eigenvalue weighted by atomic mass is 35.5. The third kappa shape index (κ3) is 2.38. The Morgan fingerprint density at radius 2 is 2.57 bits per heavy atom. The van der Waals surface area contributed by atoms with Crippen LogP contribution < -0.4 is 5.32 Å². The second-order valence-electron chi connectivity index (χ2n) is 3.81. The first kappa shape index (κ1) is 10.2. The zero-order valence-electron chi connectivity index (χ0n) is 8.05. The minimum absolute atomic E-state index is 0.0133. The fourth-order valence-electron chi connectivity index (χ4n) is 1.60. The number of aromatic nitrogens is 1. The van der Waals surface area contributed by atoms with E-state index in [0.717, 1.165) is 31.2 Å². The molecule has 1 aromatic heterocycles. The van der Waals surface area contributed by atoms with Crippen molar-refractivity contribution in [1.29, 1.82) is 0 Å². The second kappa shape index (κ2) is 4.04. The van der Waals surface area contributed by atoms with Gasteiger partial charge in [-0.05, 0) is 19.8 Å². The Kier molecular flexibility index (Phi) is 2.95. The normalized spacial score (nSPS) is 27.6. The molecule has 1 fully saturated rings. The van der Waals surface area contributed by atoms with E-state index in [9.17, 15) is 0 Å². The monoisotopic (exact) mass is 232 g/mol. The Bertz CT molecular complexity index is 310. The Labute approximate surface area is 92.4 Å². The molecule has 1 aliphatic rings. The minimum atomic E-state index is 0.0133. The quantitative estimate of drug-likeness (QED) is 0.852. The summed E-state index contributed by atoms with van der Waals surface area (Å²) in [5.41, 5.74) is 0.0133. The molecule has 0 bridgehead atoms. The third-order valence-corrected chi connectivity index (χ3v) is 3.35. The van der Waals surface area contributed by atoms with E-state index in [1.807, 2.05) is 0 Å². The molecule has 0 radical (unpaired) electrons. The van der Waals surface area contributed by atoms with Crippen LogP contribution in [0.4, 0.5) is 5.13 Å². The Morgan fingerprint density at radius 3 is 3.14 bits per heavy atom. The van der Waals surface area contributed by atoms with Gasteiger partial charge in [0.2, 0.25) is 0 Å². The van der Waals surface area contributed by atoms with Crippen LogP contribution >= 0.6 is 22.9 Å². The third-order valence-electron chi connectivity index (χ3n) is 2.32. The molecule has 1 saturated heterocycles. The summed E-state index contributed by atoms with van der Waals surface area (Å²) in [5, 5.41) is 4.25. The van der Waals surface area contributed by atoms with Crippen molar-refractivity contribution in [2.45, 2.75) is 25.3 Å². The van der Waals surface area contributed by atoms with Crippen LogP contribution in [0.25, 0.3) is 0 Å². The van der Waals surface area contributed by atoms with Gasteiger partial charge in [-0.15, -0.1) is 0 Å². The molecule has 1 aromatic rings. The molecule has 3 nitrogen and oxygen atoms in total. The van der Waals surface area contributed by atoms with Crippen molar-refractivity contribution in [3.63, 3.8) is 0 Å². The Balaban J connectivity index is 2.01. The Morgan fingerprint density at radius 1 is 1.71 bits per heavy atom. The molecule has 1 unspecified atom stereocenters. The highest BCUT2D eigenvalue weighted by Crippen LogP contribution is 2.28. The molecule has 1 aliphatic heterocycles. The van der Waals surface area contributed by atoms with E-state index >= 15 is 0 Å². The van der Waals surface area contributed by atoms with E-state index in [1.165, 1.54) is 11.3 Å². The SMILES string of the molecule is CC1(Nc2ncc(Cl)s2)CCCOC1. The van der Waals surface area contributed by atoms with Gasteiger partial charge < -0.3 is 10.1 Å². The average molecular weight is 233 g/mol. The zero-order valence-corrected chi connectivity index (χ0v) is 9.62. The van der Waals surface area contributed by atoms with Gasteiger partial charge in [0.15, 0.2) is 5.13 Å². The lowest BCUT2D eigenvalue weighted by molar-refractivity contribution is 0.0540. The topological polar surface area (TPSA) is 34.2 Å². The van der Waals surface area contributed by atoms with E-state index in [2.05, 4.69) is 17.2 Å². The molecule has 1 N–H and O–H groups in total. The fourth-order valence-corrected chi connectivity index (χ4v) is 2.56. The molecule has 0 aliphatic carbocycles. The van der Waals surface area contributed by atoms with Crippen LogP contribution in [0.3, 0.4) is 0 Å². The van der Waals surface area contributed by atoms with E-state index in [0.29, 0.717) is 4.34 Å². The minimum Gasteiger partial charge on any atom is -0.379 e. The molecule has 5 heteroatoms. The number of nitrogens with zero attached hydrogens (tertiary/aromatic N) is 1. The van der Waals surface area contributed by atoms with Gasteiger partial charge in [-0.2, -0.15) is 0 Å². The summed E-state index contributed by atoms with van der Waals surface area (Å²) in [7, 11) is 0. The molecule has 78 valence electrons. The van der Waals surface area contributed by atoms with Gasteiger partial charge in [0, 0.05) is 6.61 Å². The van der Waals surface area contributed by atoms with Crippen LogP contribution in [0.1, 0.15) is 19.8 Å². The molecule has 2 rings (SSSR count). The molecule has 0 amide bonds. The van der Waals surface area contributed by atoms with Crippen molar-refractivity contribution < 1.29 is 4.74 Å². The van der Waals surface area contributed by atoms with Crippen LogP contribution in [-0.2, 0) is 4.74 Å². The number of rotatable bonds is 2. The first-order valence-electron chi connectivity index (χ1n) is 4.65. The maximum atomic E-state index is 5.81.